The second-order valence-electron chi connectivity index (χ2n) is 3.15. The summed E-state index contributed by atoms with van der Waals surface area (Å²) in [7, 11) is 0. The summed E-state index contributed by atoms with van der Waals surface area (Å²) in [5.41, 5.74) is 0. The predicted octanol–water partition coefficient (Wildman–Crippen LogP) is 3.10. The topological polar surface area (TPSA) is 26.3 Å². The Morgan fingerprint density at radius 3 is 2.44 bits per heavy atom. The van der Waals surface area contributed by atoms with Gasteiger partial charge in [-0.15, -0.1) is 0 Å². The van der Waals surface area contributed by atoms with Gasteiger partial charge in [0.25, 0.3) is 0 Å². The molecule has 0 saturated carbocycles. The van der Waals surface area contributed by atoms with E-state index in [1.54, 1.807) is 0 Å². The van der Waals surface area contributed by atoms with Crippen LogP contribution in [0.4, 0.5) is 13.2 Å². The van der Waals surface area contributed by atoms with E-state index < -0.39 is 12.1 Å². The smallest absolute Gasteiger partial charge is 0.425 e. The van der Waals surface area contributed by atoms with Crippen LogP contribution in [0.5, 0.6) is 0 Å². The van der Waals surface area contributed by atoms with E-state index in [4.69, 9.17) is 0 Å². The normalized spacial score (nSPS) is 16.6. The first kappa shape index (κ1) is 15.4. The quantitative estimate of drug-likeness (QED) is 0.421. The van der Waals surface area contributed by atoms with Crippen LogP contribution in [0.15, 0.2) is 24.0 Å². The van der Waals surface area contributed by atoms with Gasteiger partial charge in [-0.1, -0.05) is 12.2 Å². The van der Waals surface area contributed by atoms with Crippen LogP contribution in [-0.2, 0) is 29.0 Å². The van der Waals surface area contributed by atoms with Gasteiger partial charge >= 0.3 is 12.1 Å². The van der Waals surface area contributed by atoms with E-state index in [1.165, 1.54) is 6.08 Å². The number of hydrogen-bond donors (Lipinski definition) is 0. The molecule has 0 fully saturated rings. The van der Waals surface area contributed by atoms with E-state index in [0.29, 0.717) is 19.3 Å². The third-order valence-electron chi connectivity index (χ3n) is 1.88. The van der Waals surface area contributed by atoms with Crippen molar-refractivity contribution in [2.24, 2.45) is 0 Å². The molecule has 0 saturated heterocycles. The summed E-state index contributed by atoms with van der Waals surface area (Å²) in [5, 5.41) is 0. The Kier molecular flexibility index (Phi) is 6.57. The first-order chi connectivity index (χ1) is 7.00. The van der Waals surface area contributed by atoms with E-state index in [2.05, 4.69) is 4.74 Å². The maximum absolute atomic E-state index is 11.9. The van der Waals surface area contributed by atoms with Crippen LogP contribution in [0.1, 0.15) is 25.7 Å². The van der Waals surface area contributed by atoms with Crippen LogP contribution in [0.2, 0.25) is 0 Å². The molecule has 0 aliphatic heterocycles. The Balaban J connectivity index is 0.00000225. The van der Waals surface area contributed by atoms with Crippen LogP contribution >= 0.6 is 0 Å². The van der Waals surface area contributed by atoms with Gasteiger partial charge in [0, 0.05) is 25.9 Å². The summed E-state index contributed by atoms with van der Waals surface area (Å²) in [6.45, 7) is 0. The van der Waals surface area contributed by atoms with Crippen molar-refractivity contribution in [3.63, 3.8) is 0 Å². The van der Waals surface area contributed by atoms with Gasteiger partial charge in [0.1, 0.15) is 5.76 Å². The molecule has 1 aliphatic carbocycles. The molecule has 0 bridgehead atoms. The molecule has 0 unspecified atom stereocenters. The average Bonchev–Trinajstić information content (AvgIpc) is 2.07. The van der Waals surface area contributed by atoms with E-state index in [-0.39, 0.29) is 25.2 Å². The molecule has 1 radical (unpaired) electrons. The van der Waals surface area contributed by atoms with Crippen molar-refractivity contribution in [2.75, 3.05) is 0 Å². The second kappa shape index (κ2) is 6.84. The summed E-state index contributed by atoms with van der Waals surface area (Å²) in [5.74, 6) is -2.03. The molecule has 0 heterocycles. The minimum absolute atomic E-state index is 0. The molecule has 0 aromatic heterocycles. The Bertz CT molecular complexity index is 295. The maximum atomic E-state index is 11.9. The summed E-state index contributed by atoms with van der Waals surface area (Å²) in [6.07, 6.45) is 2.72. The zero-order chi connectivity index (χ0) is 11.3. The summed E-state index contributed by atoms with van der Waals surface area (Å²) in [4.78, 5) is 10.5. The van der Waals surface area contributed by atoms with E-state index in [1.807, 2.05) is 12.2 Å². The summed E-state index contributed by atoms with van der Waals surface area (Å²) < 4.78 is 39.9. The third-order valence-corrected chi connectivity index (χ3v) is 1.88. The monoisotopic (exact) mass is 323 g/mol. The van der Waals surface area contributed by atoms with Crippen LogP contribution in [0, 0.1) is 0 Å². The molecule has 0 amide bonds. The van der Waals surface area contributed by atoms with Crippen molar-refractivity contribution in [3.05, 3.63) is 24.0 Å². The molecular weight excluding hydrogens is 312 g/mol. The van der Waals surface area contributed by atoms with Crippen LogP contribution in [0.3, 0.4) is 0 Å². The van der Waals surface area contributed by atoms with Crippen molar-refractivity contribution >= 4 is 5.97 Å². The first-order valence-electron chi connectivity index (χ1n) is 4.63. The molecular formula is C10H11F3O2Rh. The SMILES string of the molecule is O=C(OC1=CCCC=CCC1)C(F)(F)F.[Rh]. The Hall–Kier alpha value is -0.637. The number of halogens is 3. The molecule has 6 heteroatoms. The molecule has 0 atom stereocenters. The molecule has 0 N–H and O–H groups in total. The zero-order valence-corrected chi connectivity index (χ0v) is 9.98. The number of allylic oxidation sites excluding steroid dienone is 4. The summed E-state index contributed by atoms with van der Waals surface area (Å²) >= 11 is 0. The maximum Gasteiger partial charge on any atom is 0.491 e. The Morgan fingerprint density at radius 1 is 1.19 bits per heavy atom. The van der Waals surface area contributed by atoms with Gasteiger partial charge in [0.15, 0.2) is 0 Å². The summed E-state index contributed by atoms with van der Waals surface area (Å²) in [6, 6.07) is 0. The van der Waals surface area contributed by atoms with Gasteiger partial charge in [0.05, 0.1) is 0 Å². The average molecular weight is 323 g/mol. The number of carbonyl (C=O) groups excluding carboxylic acids is 1. The van der Waals surface area contributed by atoms with Gasteiger partial charge in [-0.3, -0.25) is 0 Å². The van der Waals surface area contributed by atoms with Crippen LogP contribution in [-0.4, -0.2) is 12.1 Å². The van der Waals surface area contributed by atoms with E-state index in [9.17, 15) is 18.0 Å². The molecule has 1 aliphatic rings. The van der Waals surface area contributed by atoms with Crippen LogP contribution < -0.4 is 0 Å². The molecule has 0 spiro atoms. The minimum atomic E-state index is -4.92. The van der Waals surface area contributed by atoms with Gasteiger partial charge in [-0.2, -0.15) is 13.2 Å². The number of alkyl halides is 3. The van der Waals surface area contributed by atoms with Crippen LogP contribution in [0.25, 0.3) is 0 Å². The number of rotatable bonds is 1. The van der Waals surface area contributed by atoms with Crippen molar-refractivity contribution in [1.82, 2.24) is 0 Å². The Labute approximate surface area is 104 Å². The zero-order valence-electron chi connectivity index (χ0n) is 8.34. The van der Waals surface area contributed by atoms with Crippen molar-refractivity contribution < 1.29 is 42.2 Å². The number of hydrogen-bond acceptors (Lipinski definition) is 2. The first-order valence-corrected chi connectivity index (χ1v) is 4.63. The number of esters is 1. The van der Waals surface area contributed by atoms with Gasteiger partial charge < -0.3 is 4.74 Å². The Morgan fingerprint density at radius 2 is 1.81 bits per heavy atom. The van der Waals surface area contributed by atoms with Gasteiger partial charge in [-0.25, -0.2) is 4.79 Å². The fraction of sp³-hybridized carbons (Fsp3) is 0.500. The molecule has 0 aromatic carbocycles. The third kappa shape index (κ3) is 5.45. The standard InChI is InChI=1S/C10H11F3O2.Rh/c11-10(12,13)9(14)15-8-6-4-2-1-3-5-7-8;/h1-2,7H,3-6H2;. The number of ether oxygens (including phenoxy) is 1. The fourth-order valence-corrected chi connectivity index (χ4v) is 1.17. The van der Waals surface area contributed by atoms with E-state index in [0.717, 1.165) is 6.42 Å². The number of carbonyl (C=O) groups is 1. The van der Waals surface area contributed by atoms with Crippen molar-refractivity contribution in [1.29, 1.82) is 0 Å². The van der Waals surface area contributed by atoms with Gasteiger partial charge in [-0.05, 0) is 25.3 Å². The van der Waals surface area contributed by atoms with E-state index >= 15 is 0 Å². The molecule has 2 nitrogen and oxygen atoms in total. The fourth-order valence-electron chi connectivity index (χ4n) is 1.17. The predicted molar refractivity (Wildman–Crippen MR) is 47.8 cm³/mol. The molecule has 0 aromatic rings. The molecule has 1 rings (SSSR count). The largest absolute Gasteiger partial charge is 0.491 e. The van der Waals surface area contributed by atoms with Crippen molar-refractivity contribution in [3.8, 4) is 0 Å². The molecule has 16 heavy (non-hydrogen) atoms. The second-order valence-corrected chi connectivity index (χ2v) is 3.15. The molecule has 93 valence electrons. The minimum Gasteiger partial charge on any atom is -0.425 e. The van der Waals surface area contributed by atoms with Crippen molar-refractivity contribution in [2.45, 2.75) is 31.9 Å². The van der Waals surface area contributed by atoms with Gasteiger partial charge in [0.2, 0.25) is 0 Å².